The third-order valence-electron chi connectivity index (χ3n) is 3.49. The van der Waals surface area contributed by atoms with Crippen molar-refractivity contribution in [3.8, 4) is 0 Å². The van der Waals surface area contributed by atoms with Gasteiger partial charge in [0.1, 0.15) is 11.6 Å². The van der Waals surface area contributed by atoms with E-state index in [2.05, 4.69) is 25.2 Å². The smallest absolute Gasteiger partial charge is 0.126 e. The zero-order chi connectivity index (χ0) is 15.2. The lowest BCUT2D eigenvalue weighted by Gasteiger charge is -2.15. The standard InChI is InChI=1S/C17H22F2N2/c1-3-5-17(20-4-2)14-6-7-21(12-14)11-13-8-15(18)10-16(19)9-13/h6-10,12,17,20H,3-5,11H2,1-2H3. The van der Waals surface area contributed by atoms with Gasteiger partial charge in [-0.2, -0.15) is 0 Å². The van der Waals surface area contributed by atoms with Gasteiger partial charge in [-0.3, -0.25) is 0 Å². The second-order valence-corrected chi connectivity index (χ2v) is 5.29. The predicted molar refractivity (Wildman–Crippen MR) is 81.2 cm³/mol. The van der Waals surface area contributed by atoms with Gasteiger partial charge >= 0.3 is 0 Å². The molecule has 0 spiro atoms. The van der Waals surface area contributed by atoms with Gasteiger partial charge < -0.3 is 9.88 Å². The number of nitrogens with one attached hydrogen (secondary N) is 1. The van der Waals surface area contributed by atoms with E-state index >= 15 is 0 Å². The minimum Gasteiger partial charge on any atom is -0.350 e. The molecule has 1 N–H and O–H groups in total. The van der Waals surface area contributed by atoms with Gasteiger partial charge in [-0.05, 0) is 42.3 Å². The van der Waals surface area contributed by atoms with Gasteiger partial charge in [-0.25, -0.2) is 8.78 Å². The first-order chi connectivity index (χ1) is 10.1. The summed E-state index contributed by atoms with van der Waals surface area (Å²) in [5, 5.41) is 3.46. The van der Waals surface area contributed by atoms with Crippen LogP contribution >= 0.6 is 0 Å². The number of benzene rings is 1. The molecular weight excluding hydrogens is 270 g/mol. The lowest BCUT2D eigenvalue weighted by Crippen LogP contribution is -2.20. The van der Waals surface area contributed by atoms with E-state index in [1.54, 1.807) is 0 Å². The van der Waals surface area contributed by atoms with E-state index in [4.69, 9.17) is 0 Å². The van der Waals surface area contributed by atoms with E-state index in [1.807, 2.05) is 17.0 Å². The van der Waals surface area contributed by atoms with Crippen LogP contribution in [0.4, 0.5) is 8.78 Å². The van der Waals surface area contributed by atoms with Crippen LogP contribution in [0.5, 0.6) is 0 Å². The molecule has 114 valence electrons. The second kappa shape index (κ2) is 7.36. The number of aromatic nitrogens is 1. The van der Waals surface area contributed by atoms with Crippen molar-refractivity contribution in [2.24, 2.45) is 0 Å². The third-order valence-corrected chi connectivity index (χ3v) is 3.49. The van der Waals surface area contributed by atoms with Crippen LogP contribution in [-0.4, -0.2) is 11.1 Å². The maximum atomic E-state index is 13.2. The van der Waals surface area contributed by atoms with Crippen LogP contribution in [0.25, 0.3) is 0 Å². The Labute approximate surface area is 124 Å². The first kappa shape index (κ1) is 15.7. The molecule has 1 aromatic carbocycles. The molecule has 2 nitrogen and oxygen atoms in total. The average molecular weight is 292 g/mol. The van der Waals surface area contributed by atoms with E-state index in [9.17, 15) is 8.78 Å². The monoisotopic (exact) mass is 292 g/mol. The van der Waals surface area contributed by atoms with Crippen LogP contribution in [0.1, 0.15) is 43.9 Å². The van der Waals surface area contributed by atoms with E-state index in [0.717, 1.165) is 25.5 Å². The van der Waals surface area contributed by atoms with Crippen LogP contribution in [0.15, 0.2) is 36.7 Å². The summed E-state index contributed by atoms with van der Waals surface area (Å²) in [6.07, 6.45) is 6.19. The van der Waals surface area contributed by atoms with Crippen molar-refractivity contribution in [1.82, 2.24) is 9.88 Å². The Kier molecular flexibility index (Phi) is 5.51. The number of hydrogen-bond donors (Lipinski definition) is 1. The Bertz CT molecular complexity index is 552. The Morgan fingerprint density at radius 3 is 2.48 bits per heavy atom. The molecule has 0 radical (unpaired) electrons. The summed E-state index contributed by atoms with van der Waals surface area (Å²) < 4.78 is 28.4. The molecule has 4 heteroatoms. The van der Waals surface area contributed by atoms with Crippen molar-refractivity contribution in [2.75, 3.05) is 6.54 Å². The molecule has 0 aliphatic rings. The molecule has 2 aromatic rings. The molecule has 2 rings (SSSR count). The predicted octanol–water partition coefficient (Wildman–Crippen LogP) is 4.27. The van der Waals surface area contributed by atoms with Gasteiger partial charge in [0, 0.05) is 31.0 Å². The normalized spacial score (nSPS) is 12.6. The highest BCUT2D eigenvalue weighted by Gasteiger charge is 2.10. The number of halogens is 2. The molecular formula is C17H22F2N2. The fourth-order valence-corrected chi connectivity index (χ4v) is 2.60. The minimum atomic E-state index is -0.533. The van der Waals surface area contributed by atoms with Crippen LogP contribution in [0.2, 0.25) is 0 Å². The van der Waals surface area contributed by atoms with Crippen molar-refractivity contribution >= 4 is 0 Å². The first-order valence-electron chi connectivity index (χ1n) is 7.46. The van der Waals surface area contributed by atoms with E-state index < -0.39 is 11.6 Å². The van der Waals surface area contributed by atoms with Crippen LogP contribution in [0.3, 0.4) is 0 Å². The number of nitrogens with zero attached hydrogens (tertiary/aromatic N) is 1. The number of rotatable bonds is 7. The molecule has 1 atom stereocenters. The Morgan fingerprint density at radius 1 is 1.14 bits per heavy atom. The lowest BCUT2D eigenvalue weighted by atomic mass is 10.1. The van der Waals surface area contributed by atoms with Crippen molar-refractivity contribution in [1.29, 1.82) is 0 Å². The van der Waals surface area contributed by atoms with Gasteiger partial charge in [0.05, 0.1) is 0 Å². The quantitative estimate of drug-likeness (QED) is 0.806. The maximum absolute atomic E-state index is 13.2. The summed E-state index contributed by atoms with van der Waals surface area (Å²) in [5.74, 6) is -1.07. The molecule has 0 aliphatic carbocycles. The first-order valence-corrected chi connectivity index (χ1v) is 7.46. The van der Waals surface area contributed by atoms with Crippen LogP contribution in [0, 0.1) is 11.6 Å². The second-order valence-electron chi connectivity index (χ2n) is 5.29. The highest BCUT2D eigenvalue weighted by molar-refractivity contribution is 5.21. The summed E-state index contributed by atoms with van der Waals surface area (Å²) in [4.78, 5) is 0. The van der Waals surface area contributed by atoms with Crippen LogP contribution in [-0.2, 0) is 6.54 Å². The average Bonchev–Trinajstić information content (AvgIpc) is 2.85. The van der Waals surface area contributed by atoms with E-state index in [0.29, 0.717) is 18.2 Å². The summed E-state index contributed by atoms with van der Waals surface area (Å²) >= 11 is 0. The van der Waals surface area contributed by atoms with Crippen molar-refractivity contribution < 1.29 is 8.78 Å². The topological polar surface area (TPSA) is 17.0 Å². The van der Waals surface area contributed by atoms with Crippen LogP contribution < -0.4 is 5.32 Å². The Hall–Kier alpha value is -1.68. The molecule has 1 unspecified atom stereocenters. The molecule has 0 bridgehead atoms. The molecule has 21 heavy (non-hydrogen) atoms. The molecule has 0 fully saturated rings. The largest absolute Gasteiger partial charge is 0.350 e. The summed E-state index contributed by atoms with van der Waals surface area (Å²) in [7, 11) is 0. The van der Waals surface area contributed by atoms with E-state index in [1.165, 1.54) is 17.7 Å². The number of hydrogen-bond acceptors (Lipinski definition) is 1. The van der Waals surface area contributed by atoms with Gasteiger partial charge in [0.25, 0.3) is 0 Å². The zero-order valence-corrected chi connectivity index (χ0v) is 12.6. The Balaban J connectivity index is 2.11. The summed E-state index contributed by atoms with van der Waals surface area (Å²) in [5.41, 5.74) is 1.85. The zero-order valence-electron chi connectivity index (χ0n) is 12.6. The Morgan fingerprint density at radius 2 is 1.86 bits per heavy atom. The molecule has 0 saturated heterocycles. The molecule has 0 amide bonds. The molecule has 0 saturated carbocycles. The third kappa shape index (κ3) is 4.39. The fraction of sp³-hybridized carbons (Fsp3) is 0.412. The van der Waals surface area contributed by atoms with E-state index in [-0.39, 0.29) is 0 Å². The van der Waals surface area contributed by atoms with Gasteiger partial charge in [-0.15, -0.1) is 0 Å². The molecule has 1 aromatic heterocycles. The molecule has 1 heterocycles. The van der Waals surface area contributed by atoms with Crippen molar-refractivity contribution in [2.45, 2.75) is 39.3 Å². The molecule has 0 aliphatic heterocycles. The summed E-state index contributed by atoms with van der Waals surface area (Å²) in [6.45, 7) is 5.65. The SMILES string of the molecule is CCCC(NCC)c1ccn(Cc2cc(F)cc(F)c2)c1. The highest BCUT2D eigenvalue weighted by atomic mass is 19.1. The van der Waals surface area contributed by atoms with Gasteiger partial charge in [-0.1, -0.05) is 20.3 Å². The van der Waals surface area contributed by atoms with Crippen molar-refractivity contribution in [3.63, 3.8) is 0 Å². The highest BCUT2D eigenvalue weighted by Crippen LogP contribution is 2.19. The van der Waals surface area contributed by atoms with Crippen molar-refractivity contribution in [3.05, 3.63) is 59.4 Å². The summed E-state index contributed by atoms with van der Waals surface area (Å²) in [6, 6.07) is 6.05. The maximum Gasteiger partial charge on any atom is 0.126 e. The minimum absolute atomic E-state index is 0.338. The lowest BCUT2D eigenvalue weighted by molar-refractivity contribution is 0.508. The van der Waals surface area contributed by atoms with Gasteiger partial charge in [0.2, 0.25) is 0 Å². The fourth-order valence-electron chi connectivity index (χ4n) is 2.60. The van der Waals surface area contributed by atoms with Gasteiger partial charge in [0.15, 0.2) is 0 Å².